The molecule has 248 valence electrons. The molecule has 1 atom stereocenters. The highest BCUT2D eigenvalue weighted by atomic mass is 79.9. The number of sulfonamides is 1. The zero-order chi connectivity index (χ0) is 34.1. The molecule has 0 heterocycles. The van der Waals surface area contributed by atoms with Gasteiger partial charge in [0.2, 0.25) is 11.8 Å². The number of nitrogens with one attached hydrogen (secondary N) is 1. The van der Waals surface area contributed by atoms with Crippen molar-refractivity contribution < 1.29 is 32.2 Å². The van der Waals surface area contributed by atoms with Gasteiger partial charge in [-0.2, -0.15) is 0 Å². The van der Waals surface area contributed by atoms with Crippen LogP contribution in [0.15, 0.2) is 100 Å². The maximum Gasteiger partial charge on any atom is 0.265 e. The molecule has 4 aromatic carbocycles. The minimum Gasteiger partial charge on any atom is -0.495 e. The minimum absolute atomic E-state index is 0.0140. The molecule has 0 aliphatic carbocycles. The topological polar surface area (TPSA) is 114 Å². The van der Waals surface area contributed by atoms with Gasteiger partial charge >= 0.3 is 0 Å². The lowest BCUT2D eigenvalue weighted by Gasteiger charge is -2.34. The van der Waals surface area contributed by atoms with Crippen molar-refractivity contribution in [1.82, 2.24) is 10.2 Å². The number of ether oxygens (including phenoxy) is 3. The first-order valence-corrected chi connectivity index (χ1v) is 17.0. The summed E-state index contributed by atoms with van der Waals surface area (Å²) < 4.78 is 46.8. The van der Waals surface area contributed by atoms with Crippen LogP contribution in [0.5, 0.6) is 17.2 Å². The minimum atomic E-state index is -4.48. The lowest BCUT2D eigenvalue weighted by atomic mass is 10.0. The van der Waals surface area contributed by atoms with Gasteiger partial charge in [0.05, 0.1) is 31.9 Å². The first kappa shape index (κ1) is 35.6. The number of methoxy groups -OCH3 is 3. The van der Waals surface area contributed by atoms with Gasteiger partial charge in [0, 0.05) is 35.6 Å². The summed E-state index contributed by atoms with van der Waals surface area (Å²) >= 11 is 9.83. The molecule has 0 spiro atoms. The van der Waals surface area contributed by atoms with Crippen molar-refractivity contribution in [3.8, 4) is 17.2 Å². The van der Waals surface area contributed by atoms with E-state index < -0.39 is 34.4 Å². The van der Waals surface area contributed by atoms with Crippen molar-refractivity contribution in [3.05, 3.63) is 112 Å². The van der Waals surface area contributed by atoms with E-state index in [0.717, 1.165) is 19.9 Å². The Morgan fingerprint density at radius 1 is 0.830 bits per heavy atom. The third-order valence-electron chi connectivity index (χ3n) is 7.39. The van der Waals surface area contributed by atoms with Crippen molar-refractivity contribution >= 4 is 55.1 Å². The second-order valence-corrected chi connectivity index (χ2v) is 13.5. The van der Waals surface area contributed by atoms with Crippen LogP contribution in [-0.4, -0.2) is 66.1 Å². The average molecular weight is 745 g/mol. The van der Waals surface area contributed by atoms with Gasteiger partial charge in [-0.05, 0) is 53.6 Å². The number of carbonyl (C=O) groups excluding carboxylic acids is 2. The number of carbonyl (C=O) groups is 2. The van der Waals surface area contributed by atoms with Gasteiger partial charge in [0.1, 0.15) is 18.3 Å². The fourth-order valence-corrected chi connectivity index (χ4v) is 7.07. The van der Waals surface area contributed by atoms with Crippen LogP contribution < -0.4 is 23.8 Å². The molecule has 0 aliphatic rings. The number of likely N-dealkylation sites (N-methyl/N-ethyl adjacent to an activating group) is 1. The summed E-state index contributed by atoms with van der Waals surface area (Å²) in [6, 6.07) is 24.2. The Balaban J connectivity index is 1.87. The molecule has 0 aromatic heterocycles. The highest BCUT2D eigenvalue weighted by Gasteiger charge is 2.36. The maximum atomic E-state index is 14.6. The molecule has 1 unspecified atom stereocenters. The van der Waals surface area contributed by atoms with E-state index in [2.05, 4.69) is 21.2 Å². The number of rotatable bonds is 14. The third-order valence-corrected chi connectivity index (χ3v) is 9.87. The molecule has 13 heteroatoms. The van der Waals surface area contributed by atoms with Gasteiger partial charge in [-0.25, -0.2) is 8.42 Å². The van der Waals surface area contributed by atoms with Crippen LogP contribution in [0.25, 0.3) is 0 Å². The Labute approximate surface area is 288 Å². The van der Waals surface area contributed by atoms with E-state index in [-0.39, 0.29) is 40.1 Å². The largest absolute Gasteiger partial charge is 0.495 e. The predicted octanol–water partition coefficient (Wildman–Crippen LogP) is 5.71. The molecule has 0 saturated heterocycles. The van der Waals surface area contributed by atoms with Crippen LogP contribution in [0.1, 0.15) is 11.1 Å². The lowest BCUT2D eigenvalue weighted by Crippen LogP contribution is -2.53. The quantitative estimate of drug-likeness (QED) is 0.176. The first-order chi connectivity index (χ1) is 22.5. The molecule has 4 rings (SSSR count). The van der Waals surface area contributed by atoms with Crippen molar-refractivity contribution in [1.29, 1.82) is 0 Å². The first-order valence-electron chi connectivity index (χ1n) is 14.4. The van der Waals surface area contributed by atoms with Gasteiger partial charge in [0.15, 0.2) is 11.5 Å². The Hall–Kier alpha value is -4.26. The summed E-state index contributed by atoms with van der Waals surface area (Å²) in [5.41, 5.74) is 1.58. The molecular formula is C34H35BrClN3O7S. The Bertz CT molecular complexity index is 1830. The second-order valence-electron chi connectivity index (χ2n) is 10.3. The van der Waals surface area contributed by atoms with Gasteiger partial charge in [0.25, 0.3) is 10.0 Å². The second kappa shape index (κ2) is 16.0. The molecule has 0 bridgehead atoms. The molecule has 10 nitrogen and oxygen atoms in total. The fraction of sp³-hybridized carbons (Fsp3) is 0.235. The highest BCUT2D eigenvalue weighted by molar-refractivity contribution is 9.10. The molecular weight excluding hydrogens is 710 g/mol. The van der Waals surface area contributed by atoms with Crippen LogP contribution in [0.2, 0.25) is 5.02 Å². The number of amides is 2. The van der Waals surface area contributed by atoms with E-state index >= 15 is 0 Å². The molecule has 4 aromatic rings. The number of anilines is 1. The monoisotopic (exact) mass is 743 g/mol. The lowest BCUT2D eigenvalue weighted by molar-refractivity contribution is -0.139. The summed E-state index contributed by atoms with van der Waals surface area (Å²) in [7, 11) is 1.23. The standard InChI is InChI=1S/C34H35BrClN3O7S/c1-37-34(41)29(18-23-9-6-5-7-10-23)38(21-24-11-8-12-25(35)17-24)33(40)22-39(28-19-26(36)13-15-30(28)44-2)47(42,43)27-14-16-31(45-3)32(20-27)46-4/h5-17,19-20,29H,18,21-22H2,1-4H3,(H,37,41). The summed E-state index contributed by atoms with van der Waals surface area (Å²) in [6.45, 7) is -0.677. The van der Waals surface area contributed by atoms with E-state index in [4.69, 9.17) is 25.8 Å². The van der Waals surface area contributed by atoms with Crippen molar-refractivity contribution in [2.45, 2.75) is 23.9 Å². The van der Waals surface area contributed by atoms with Gasteiger partial charge in [-0.1, -0.05) is 70.0 Å². The number of hydrogen-bond acceptors (Lipinski definition) is 7. The summed E-state index contributed by atoms with van der Waals surface area (Å²) in [5.74, 6) is -0.384. The average Bonchev–Trinajstić information content (AvgIpc) is 3.08. The van der Waals surface area contributed by atoms with Crippen LogP contribution in [0.4, 0.5) is 5.69 Å². The van der Waals surface area contributed by atoms with Crippen LogP contribution in [-0.2, 0) is 32.6 Å². The number of hydrogen-bond donors (Lipinski definition) is 1. The van der Waals surface area contributed by atoms with Gasteiger partial charge in [-0.15, -0.1) is 0 Å². The van der Waals surface area contributed by atoms with Crippen molar-refractivity contribution in [3.63, 3.8) is 0 Å². The molecule has 2 amide bonds. The van der Waals surface area contributed by atoms with Gasteiger partial charge in [-0.3, -0.25) is 13.9 Å². The van der Waals surface area contributed by atoms with Gasteiger partial charge < -0.3 is 24.4 Å². The molecule has 1 N–H and O–H groups in total. The van der Waals surface area contributed by atoms with E-state index in [1.807, 2.05) is 54.6 Å². The Morgan fingerprint density at radius 3 is 2.13 bits per heavy atom. The SMILES string of the molecule is CNC(=O)C(Cc1ccccc1)N(Cc1cccc(Br)c1)C(=O)CN(c1cc(Cl)ccc1OC)S(=O)(=O)c1ccc(OC)c(OC)c1. The normalized spacial score (nSPS) is 11.7. The fourth-order valence-electron chi connectivity index (χ4n) is 5.03. The zero-order valence-electron chi connectivity index (χ0n) is 26.3. The van der Waals surface area contributed by atoms with E-state index in [1.165, 1.54) is 63.6 Å². The van der Waals surface area contributed by atoms with E-state index in [9.17, 15) is 18.0 Å². The smallest absolute Gasteiger partial charge is 0.265 e. The number of benzene rings is 4. The molecule has 0 saturated carbocycles. The zero-order valence-corrected chi connectivity index (χ0v) is 29.4. The molecule has 0 fully saturated rings. The van der Waals surface area contributed by atoms with Crippen LogP contribution in [0.3, 0.4) is 0 Å². The molecule has 47 heavy (non-hydrogen) atoms. The van der Waals surface area contributed by atoms with E-state index in [0.29, 0.717) is 5.75 Å². The Kier molecular flexibility index (Phi) is 12.1. The van der Waals surface area contributed by atoms with Crippen LogP contribution in [0, 0.1) is 0 Å². The Morgan fingerprint density at radius 2 is 1.49 bits per heavy atom. The third kappa shape index (κ3) is 8.56. The highest BCUT2D eigenvalue weighted by Crippen LogP contribution is 2.37. The predicted molar refractivity (Wildman–Crippen MR) is 185 cm³/mol. The van der Waals surface area contributed by atoms with Crippen LogP contribution >= 0.6 is 27.5 Å². The summed E-state index contributed by atoms with van der Waals surface area (Å²) in [5, 5.41) is 2.89. The number of halogens is 2. The maximum absolute atomic E-state index is 14.6. The summed E-state index contributed by atoms with van der Waals surface area (Å²) in [6.07, 6.45) is 0.184. The number of nitrogens with zero attached hydrogens (tertiary/aromatic N) is 2. The van der Waals surface area contributed by atoms with Crippen molar-refractivity contribution in [2.75, 3.05) is 39.2 Å². The summed E-state index contributed by atoms with van der Waals surface area (Å²) in [4.78, 5) is 29.2. The van der Waals surface area contributed by atoms with E-state index in [1.54, 1.807) is 6.07 Å². The van der Waals surface area contributed by atoms with Crippen molar-refractivity contribution in [2.24, 2.45) is 0 Å². The molecule has 0 radical (unpaired) electrons. The molecule has 0 aliphatic heterocycles.